The van der Waals surface area contributed by atoms with Crippen LogP contribution in [-0.2, 0) is 7.05 Å². The molecule has 1 aromatic heterocycles. The van der Waals surface area contributed by atoms with Crippen LogP contribution in [0.4, 0.5) is 5.82 Å². The number of halogens is 2. The summed E-state index contributed by atoms with van der Waals surface area (Å²) < 4.78 is 1.58. The van der Waals surface area contributed by atoms with Gasteiger partial charge in [0.2, 0.25) is 6.33 Å². The minimum absolute atomic E-state index is 0.182. The Morgan fingerprint density at radius 3 is 2.50 bits per heavy atom. The summed E-state index contributed by atoms with van der Waals surface area (Å²) in [5.41, 5.74) is 0. The van der Waals surface area contributed by atoms with Crippen molar-refractivity contribution in [1.82, 2.24) is 9.55 Å². The van der Waals surface area contributed by atoms with Crippen LogP contribution in [0.25, 0.3) is 0 Å². The first-order valence-corrected chi connectivity index (χ1v) is 6.34. The molecule has 0 bridgehead atoms. The summed E-state index contributed by atoms with van der Waals surface area (Å²) in [6, 6.07) is 4.98. The molecule has 0 spiro atoms. The van der Waals surface area contributed by atoms with Crippen molar-refractivity contribution in [3.05, 3.63) is 44.7 Å². The molecule has 0 radical (unpaired) electrons. The predicted octanol–water partition coefficient (Wildman–Crippen LogP) is 3.79. The molecule has 8 heteroatoms. The van der Waals surface area contributed by atoms with Crippen LogP contribution in [0.3, 0.4) is 0 Å². The fourth-order valence-electron chi connectivity index (χ4n) is 1.35. The predicted molar refractivity (Wildman–Crippen MR) is 70.4 cm³/mol. The Bertz CT molecular complexity index is 595. The summed E-state index contributed by atoms with van der Waals surface area (Å²) in [6.07, 6.45) is 1.40. The van der Waals surface area contributed by atoms with Crippen molar-refractivity contribution >= 4 is 40.8 Å². The SMILES string of the molecule is Cn1cnc([N+](=O)[O-])c1Sc1cc(Cl)cc(Cl)c1. The third-order valence-corrected chi connectivity index (χ3v) is 3.66. The molecule has 0 amide bonds. The lowest BCUT2D eigenvalue weighted by atomic mass is 10.4. The van der Waals surface area contributed by atoms with E-state index in [4.69, 9.17) is 23.2 Å². The molecule has 0 saturated heterocycles. The number of rotatable bonds is 3. The van der Waals surface area contributed by atoms with E-state index in [2.05, 4.69) is 4.98 Å². The standard InChI is InChI=1S/C10H7Cl2N3O2S/c1-14-5-13-9(15(16)17)10(14)18-8-3-6(11)2-7(12)4-8/h2-5H,1H3. The average molecular weight is 304 g/mol. The van der Waals surface area contributed by atoms with E-state index >= 15 is 0 Å². The molecule has 0 aliphatic rings. The van der Waals surface area contributed by atoms with Crippen molar-refractivity contribution in [2.75, 3.05) is 0 Å². The highest BCUT2D eigenvalue weighted by atomic mass is 35.5. The largest absolute Gasteiger partial charge is 0.396 e. The first-order chi connectivity index (χ1) is 8.47. The lowest BCUT2D eigenvalue weighted by molar-refractivity contribution is -0.392. The zero-order valence-electron chi connectivity index (χ0n) is 9.13. The minimum atomic E-state index is -0.519. The number of nitro groups is 1. The maximum absolute atomic E-state index is 10.8. The van der Waals surface area contributed by atoms with Crippen molar-refractivity contribution < 1.29 is 4.92 Å². The molecule has 1 heterocycles. The van der Waals surface area contributed by atoms with Gasteiger partial charge in [-0.05, 0) is 28.1 Å². The fraction of sp³-hybridized carbons (Fsp3) is 0.100. The number of aromatic nitrogens is 2. The zero-order valence-corrected chi connectivity index (χ0v) is 11.5. The van der Waals surface area contributed by atoms with Gasteiger partial charge < -0.3 is 14.7 Å². The first kappa shape index (κ1) is 13.2. The van der Waals surface area contributed by atoms with Crippen molar-refractivity contribution in [1.29, 1.82) is 0 Å². The third-order valence-electron chi connectivity index (χ3n) is 2.09. The van der Waals surface area contributed by atoms with E-state index in [1.165, 1.54) is 18.1 Å². The average Bonchev–Trinajstić information content (AvgIpc) is 2.59. The Balaban J connectivity index is 2.39. The third kappa shape index (κ3) is 2.77. The van der Waals surface area contributed by atoms with Crippen molar-refractivity contribution in [3.63, 3.8) is 0 Å². The first-order valence-electron chi connectivity index (χ1n) is 4.77. The van der Waals surface area contributed by atoms with Crippen molar-refractivity contribution in [3.8, 4) is 0 Å². The Morgan fingerprint density at radius 2 is 1.94 bits per heavy atom. The van der Waals surface area contributed by atoms with E-state index in [0.717, 1.165) is 4.90 Å². The maximum Gasteiger partial charge on any atom is 0.396 e. The van der Waals surface area contributed by atoms with Gasteiger partial charge in [-0.3, -0.25) is 0 Å². The lowest BCUT2D eigenvalue weighted by Crippen LogP contribution is -1.93. The van der Waals surface area contributed by atoms with Crippen molar-refractivity contribution in [2.45, 2.75) is 9.92 Å². The Labute approximate surface area is 117 Å². The van der Waals surface area contributed by atoms with Gasteiger partial charge in [0.05, 0.1) is 0 Å². The van der Waals surface area contributed by atoms with E-state index in [-0.39, 0.29) is 5.82 Å². The zero-order chi connectivity index (χ0) is 13.3. The number of benzene rings is 1. The van der Waals surface area contributed by atoms with E-state index < -0.39 is 4.92 Å². The van der Waals surface area contributed by atoms with Crippen molar-refractivity contribution in [2.24, 2.45) is 7.05 Å². The molecule has 0 atom stereocenters. The molecule has 0 aliphatic carbocycles. The summed E-state index contributed by atoms with van der Waals surface area (Å²) >= 11 is 13.0. The fourth-order valence-corrected chi connectivity index (χ4v) is 3.01. The van der Waals surface area contributed by atoms with Gasteiger partial charge in [-0.15, -0.1) is 0 Å². The number of aryl methyl sites for hydroxylation is 1. The second kappa shape index (κ2) is 5.17. The topological polar surface area (TPSA) is 61.0 Å². The number of hydrogen-bond donors (Lipinski definition) is 0. The number of imidazole rings is 1. The second-order valence-corrected chi connectivity index (χ2v) is 5.38. The van der Waals surface area contributed by atoms with Gasteiger partial charge in [-0.1, -0.05) is 35.0 Å². The number of hydrogen-bond acceptors (Lipinski definition) is 4. The highest BCUT2D eigenvalue weighted by Gasteiger charge is 2.21. The Morgan fingerprint density at radius 1 is 1.33 bits per heavy atom. The molecule has 0 unspecified atom stereocenters. The summed E-state index contributed by atoms with van der Waals surface area (Å²) in [5.74, 6) is -0.182. The summed E-state index contributed by atoms with van der Waals surface area (Å²) in [7, 11) is 1.69. The second-order valence-electron chi connectivity index (χ2n) is 3.45. The molecule has 0 saturated carbocycles. The van der Waals surface area contributed by atoms with Crippen LogP contribution in [0, 0.1) is 10.1 Å². The van der Waals surface area contributed by atoms with E-state index in [0.29, 0.717) is 15.1 Å². The van der Waals surface area contributed by atoms with Crippen LogP contribution < -0.4 is 0 Å². The van der Waals surface area contributed by atoms with Gasteiger partial charge in [0.25, 0.3) is 0 Å². The molecule has 18 heavy (non-hydrogen) atoms. The highest BCUT2D eigenvalue weighted by molar-refractivity contribution is 7.99. The normalized spacial score (nSPS) is 10.6. The molecular weight excluding hydrogens is 297 g/mol. The number of nitrogens with zero attached hydrogens (tertiary/aromatic N) is 3. The molecule has 0 N–H and O–H groups in total. The summed E-state index contributed by atoms with van der Waals surface area (Å²) in [5, 5.41) is 12.2. The molecule has 2 rings (SSSR count). The van der Waals surface area contributed by atoms with Crippen LogP contribution in [0.15, 0.2) is 34.4 Å². The molecule has 5 nitrogen and oxygen atoms in total. The molecule has 1 aromatic carbocycles. The Kier molecular flexibility index (Phi) is 3.79. The van der Waals surface area contributed by atoms with Gasteiger partial charge in [0.15, 0.2) is 5.03 Å². The molecular formula is C10H7Cl2N3O2S. The van der Waals surface area contributed by atoms with Gasteiger partial charge in [-0.2, -0.15) is 0 Å². The van der Waals surface area contributed by atoms with Crippen LogP contribution >= 0.6 is 35.0 Å². The van der Waals surface area contributed by atoms with E-state index in [1.54, 1.807) is 29.8 Å². The lowest BCUT2D eigenvalue weighted by Gasteiger charge is -2.03. The van der Waals surface area contributed by atoms with Crippen LogP contribution in [-0.4, -0.2) is 14.5 Å². The highest BCUT2D eigenvalue weighted by Crippen LogP contribution is 2.35. The van der Waals surface area contributed by atoms with Gasteiger partial charge in [0, 0.05) is 22.0 Å². The quantitative estimate of drug-likeness (QED) is 0.639. The minimum Gasteiger partial charge on any atom is -0.358 e. The molecule has 0 aliphatic heterocycles. The molecule has 0 fully saturated rings. The molecule has 94 valence electrons. The summed E-state index contributed by atoms with van der Waals surface area (Å²) in [6.45, 7) is 0. The van der Waals surface area contributed by atoms with Gasteiger partial charge >= 0.3 is 5.82 Å². The summed E-state index contributed by atoms with van der Waals surface area (Å²) in [4.78, 5) is 14.8. The van der Waals surface area contributed by atoms with Gasteiger partial charge in [-0.25, -0.2) is 0 Å². The van der Waals surface area contributed by atoms with Crippen LogP contribution in [0.1, 0.15) is 0 Å². The maximum atomic E-state index is 10.8. The van der Waals surface area contributed by atoms with E-state index in [1.807, 2.05) is 0 Å². The van der Waals surface area contributed by atoms with E-state index in [9.17, 15) is 10.1 Å². The molecule has 2 aromatic rings. The van der Waals surface area contributed by atoms with Crippen LogP contribution in [0.5, 0.6) is 0 Å². The van der Waals surface area contributed by atoms with Gasteiger partial charge in [0.1, 0.15) is 0 Å². The Hall–Kier alpha value is -1.24. The smallest absolute Gasteiger partial charge is 0.358 e. The monoisotopic (exact) mass is 303 g/mol. The van der Waals surface area contributed by atoms with Crippen LogP contribution in [0.2, 0.25) is 10.0 Å².